The highest BCUT2D eigenvalue weighted by atomic mass is 19.4. The van der Waals surface area contributed by atoms with E-state index < -0.39 is 70.1 Å². The Morgan fingerprint density at radius 3 is 1.48 bits per heavy atom. The average molecular weight is 632 g/mol. The summed E-state index contributed by atoms with van der Waals surface area (Å²) in [5.74, 6) is 0. The smallest absolute Gasteiger partial charge is 0.326 e. The Hall–Kier alpha value is -4.49. The first-order chi connectivity index (χ1) is 20.4. The lowest BCUT2D eigenvalue weighted by Gasteiger charge is -2.41. The highest BCUT2D eigenvalue weighted by Crippen LogP contribution is 2.54. The minimum Gasteiger partial charge on any atom is -0.326 e. The minimum absolute atomic E-state index is 0.0831. The molecule has 0 unspecified atom stereocenters. The second-order valence-corrected chi connectivity index (χ2v) is 9.70. The summed E-state index contributed by atoms with van der Waals surface area (Å²) in [5.41, 5.74) is -10.5. The van der Waals surface area contributed by atoms with Gasteiger partial charge in [-0.1, -0.05) is 60.7 Å². The molecule has 0 amide bonds. The van der Waals surface area contributed by atoms with E-state index in [1.54, 1.807) is 6.07 Å². The predicted octanol–water partition coefficient (Wildman–Crippen LogP) is 10.8. The molecule has 0 bridgehead atoms. The largest absolute Gasteiger partial charge is 0.418 e. The third-order valence-corrected chi connectivity index (χ3v) is 6.76. The van der Waals surface area contributed by atoms with Crippen LogP contribution >= 0.6 is 0 Å². The van der Waals surface area contributed by atoms with E-state index in [4.69, 9.17) is 0 Å². The molecule has 0 fully saturated rings. The molecule has 1 atom stereocenters. The molecule has 0 aliphatic carbocycles. The first-order valence-corrected chi connectivity index (χ1v) is 12.5. The molecule has 0 saturated heterocycles. The van der Waals surface area contributed by atoms with E-state index in [1.165, 1.54) is 54.6 Å². The average Bonchev–Trinajstić information content (AvgIpc) is 2.94. The zero-order valence-corrected chi connectivity index (χ0v) is 21.7. The Morgan fingerprint density at radius 1 is 0.523 bits per heavy atom. The fourth-order valence-corrected chi connectivity index (χ4v) is 4.91. The van der Waals surface area contributed by atoms with Gasteiger partial charge >= 0.3 is 24.7 Å². The zero-order valence-electron chi connectivity index (χ0n) is 21.7. The molecular weight excluding hydrogens is 616 g/mol. The molecule has 44 heavy (non-hydrogen) atoms. The van der Waals surface area contributed by atoms with Crippen molar-refractivity contribution in [1.29, 1.82) is 0 Å². The van der Waals surface area contributed by atoms with E-state index in [0.717, 1.165) is 0 Å². The summed E-state index contributed by atoms with van der Waals surface area (Å²) in [4.78, 5) is 4.71. The van der Waals surface area contributed by atoms with Crippen molar-refractivity contribution in [1.82, 2.24) is 0 Å². The Labute approximate surface area is 240 Å². The van der Waals surface area contributed by atoms with E-state index in [-0.39, 0.29) is 47.2 Å². The topological polar surface area (TPSA) is 15.6 Å². The molecule has 14 heteroatoms. The van der Waals surface area contributed by atoms with Crippen LogP contribution in [0.15, 0.2) is 96.0 Å². The van der Waals surface area contributed by atoms with Crippen LogP contribution in [0, 0.1) is 0 Å². The number of anilines is 2. The van der Waals surface area contributed by atoms with Crippen LogP contribution in [0.25, 0.3) is 0 Å². The number of rotatable bonds is 3. The Kier molecular flexibility index (Phi) is 7.45. The number of halogens is 12. The number of nitrogens with zero attached hydrogens (tertiary/aromatic N) is 2. The third kappa shape index (κ3) is 5.97. The van der Waals surface area contributed by atoms with Gasteiger partial charge in [0, 0.05) is 5.69 Å². The molecule has 0 radical (unpaired) electrons. The van der Waals surface area contributed by atoms with E-state index in [1.807, 2.05) is 0 Å². The molecule has 1 heterocycles. The highest BCUT2D eigenvalue weighted by molar-refractivity contribution is 6.12. The van der Waals surface area contributed by atoms with Crippen LogP contribution in [0.4, 0.5) is 69.7 Å². The number of hydrogen-bond donors (Lipinski definition) is 0. The van der Waals surface area contributed by atoms with Crippen molar-refractivity contribution in [3.05, 3.63) is 124 Å². The fourth-order valence-electron chi connectivity index (χ4n) is 4.91. The summed E-state index contributed by atoms with van der Waals surface area (Å²) in [6.07, 6.45) is -21.6. The second-order valence-electron chi connectivity index (χ2n) is 9.70. The number of fused-ring (bicyclic) bond motifs is 1. The van der Waals surface area contributed by atoms with Gasteiger partial charge in [-0.3, -0.25) is 0 Å². The first kappa shape index (κ1) is 31.0. The maximum Gasteiger partial charge on any atom is 0.418 e. The lowest BCUT2D eigenvalue weighted by Crippen LogP contribution is -2.35. The molecule has 1 aliphatic rings. The maximum atomic E-state index is 14.5. The van der Waals surface area contributed by atoms with Gasteiger partial charge in [-0.2, -0.15) is 52.7 Å². The summed E-state index contributed by atoms with van der Waals surface area (Å²) >= 11 is 0. The standard InChI is InChI=1S/C30H16F12N2/c31-27(32,33)18-11-19(28(34,35)36)13-21(12-18)44-25(17-9-5-2-6-10-17)24(16-7-3-1-4-8-16)43-23-15-20(29(37,38)39)14-22(26(23)44)30(40,41)42/h1-15,25H/t25-/m0/s1. The number of hydrogen-bond acceptors (Lipinski definition) is 2. The molecule has 5 rings (SSSR count). The van der Waals surface area contributed by atoms with Crippen LogP contribution in [0.5, 0.6) is 0 Å². The van der Waals surface area contributed by atoms with Gasteiger partial charge in [-0.25, -0.2) is 4.99 Å². The second kappa shape index (κ2) is 10.6. The van der Waals surface area contributed by atoms with Crippen LogP contribution in [0.2, 0.25) is 0 Å². The van der Waals surface area contributed by atoms with Gasteiger partial charge in [-0.05, 0) is 41.5 Å². The molecule has 4 aromatic rings. The normalized spacial score (nSPS) is 16.0. The van der Waals surface area contributed by atoms with Gasteiger partial charge in [0.2, 0.25) is 0 Å². The van der Waals surface area contributed by atoms with Gasteiger partial charge in [-0.15, -0.1) is 0 Å². The van der Waals surface area contributed by atoms with Crippen LogP contribution in [-0.2, 0) is 24.7 Å². The molecular formula is C30H16F12N2. The van der Waals surface area contributed by atoms with E-state index in [0.29, 0.717) is 4.90 Å². The first-order valence-electron chi connectivity index (χ1n) is 12.5. The molecule has 0 N–H and O–H groups in total. The van der Waals surface area contributed by atoms with Crippen molar-refractivity contribution < 1.29 is 52.7 Å². The highest BCUT2D eigenvalue weighted by Gasteiger charge is 2.46. The number of aliphatic imine (C=N–C) groups is 1. The lowest BCUT2D eigenvalue weighted by atomic mass is 9.89. The molecule has 1 aliphatic heterocycles. The van der Waals surface area contributed by atoms with Gasteiger partial charge in [0.05, 0.1) is 39.3 Å². The van der Waals surface area contributed by atoms with Crippen LogP contribution in [-0.4, -0.2) is 5.71 Å². The molecule has 0 aromatic heterocycles. The van der Waals surface area contributed by atoms with E-state index >= 15 is 0 Å². The quantitative estimate of drug-likeness (QED) is 0.205. The molecule has 230 valence electrons. The van der Waals surface area contributed by atoms with Crippen molar-refractivity contribution in [3.63, 3.8) is 0 Å². The number of alkyl halides is 12. The van der Waals surface area contributed by atoms with Crippen molar-refractivity contribution in [3.8, 4) is 0 Å². The summed E-state index contributed by atoms with van der Waals surface area (Å²) in [6.45, 7) is 0. The van der Waals surface area contributed by atoms with Gasteiger partial charge in [0.1, 0.15) is 6.04 Å². The van der Waals surface area contributed by atoms with Crippen LogP contribution in [0.3, 0.4) is 0 Å². The third-order valence-electron chi connectivity index (χ3n) is 6.76. The van der Waals surface area contributed by atoms with Gasteiger partial charge in [0.15, 0.2) is 0 Å². The van der Waals surface area contributed by atoms with Crippen molar-refractivity contribution in [2.45, 2.75) is 30.7 Å². The Balaban J connectivity index is 1.98. The summed E-state index contributed by atoms with van der Waals surface area (Å²) in [5, 5.41) is 0. The lowest BCUT2D eigenvalue weighted by molar-refractivity contribution is -0.144. The molecule has 0 saturated carbocycles. The Bertz CT molecular complexity index is 1670. The SMILES string of the molecule is FC(F)(F)c1cc(N2c3c(cc(C(F)(F)F)cc3C(F)(F)F)N=C(c3ccccc3)[C@@H]2c2ccccc2)cc(C(F)(F)F)c1. The number of benzene rings is 4. The maximum absolute atomic E-state index is 14.5. The fraction of sp³-hybridized carbons (Fsp3) is 0.167. The summed E-state index contributed by atoms with van der Waals surface area (Å²) < 4.78 is 168. The predicted molar refractivity (Wildman–Crippen MR) is 137 cm³/mol. The minimum atomic E-state index is -5.54. The monoisotopic (exact) mass is 632 g/mol. The molecule has 2 nitrogen and oxygen atoms in total. The summed E-state index contributed by atoms with van der Waals surface area (Å²) in [7, 11) is 0. The van der Waals surface area contributed by atoms with E-state index in [2.05, 4.69) is 4.99 Å². The Morgan fingerprint density at radius 2 is 1.00 bits per heavy atom. The van der Waals surface area contributed by atoms with Gasteiger partial charge < -0.3 is 4.90 Å². The van der Waals surface area contributed by atoms with E-state index in [9.17, 15) is 52.7 Å². The van der Waals surface area contributed by atoms with Crippen molar-refractivity contribution in [2.24, 2.45) is 4.99 Å². The van der Waals surface area contributed by atoms with Crippen molar-refractivity contribution in [2.75, 3.05) is 4.90 Å². The van der Waals surface area contributed by atoms with Crippen molar-refractivity contribution >= 4 is 22.8 Å². The summed E-state index contributed by atoms with van der Waals surface area (Å²) in [6, 6.07) is 13.0. The molecule has 0 spiro atoms. The zero-order chi connectivity index (χ0) is 32.2. The van der Waals surface area contributed by atoms with Crippen LogP contribution < -0.4 is 4.90 Å². The van der Waals surface area contributed by atoms with Crippen LogP contribution in [0.1, 0.15) is 39.4 Å². The van der Waals surface area contributed by atoms with Gasteiger partial charge in [0.25, 0.3) is 0 Å². The molecule has 4 aromatic carbocycles.